The van der Waals surface area contributed by atoms with Gasteiger partial charge in [-0.2, -0.15) is 0 Å². The maximum atomic E-state index is 4.32. The van der Waals surface area contributed by atoms with Crippen molar-refractivity contribution < 1.29 is 0 Å². The molecular weight excluding hydrogens is 332 g/mol. The molecule has 1 aliphatic rings. The van der Waals surface area contributed by atoms with Crippen LogP contribution in [0.2, 0.25) is 0 Å². The Labute approximate surface area is 169 Å². The first kappa shape index (κ1) is 24.1. The molecule has 1 aliphatic heterocycles. The first-order valence-electron chi connectivity index (χ1n) is 10.7. The highest BCUT2D eigenvalue weighted by Crippen LogP contribution is 2.10. The molecule has 1 rings (SSSR count). The Hall–Kier alpha value is -0.940. The summed E-state index contributed by atoms with van der Waals surface area (Å²) in [5.41, 5.74) is 2.58. The fourth-order valence-corrected chi connectivity index (χ4v) is 3.43. The summed E-state index contributed by atoms with van der Waals surface area (Å²) in [6.07, 6.45) is 2.04. The van der Waals surface area contributed by atoms with Gasteiger partial charge in [0.2, 0.25) is 0 Å². The average molecular weight is 377 g/mol. The van der Waals surface area contributed by atoms with Crippen LogP contribution in [0.25, 0.3) is 0 Å². The highest BCUT2D eigenvalue weighted by Gasteiger charge is 2.16. The van der Waals surface area contributed by atoms with Crippen LogP contribution >= 0.6 is 0 Å². The van der Waals surface area contributed by atoms with Gasteiger partial charge in [-0.05, 0) is 19.4 Å². The lowest BCUT2D eigenvalue weighted by Crippen LogP contribution is -2.46. The van der Waals surface area contributed by atoms with Gasteiger partial charge in [0.1, 0.15) is 0 Å². The van der Waals surface area contributed by atoms with Crippen LogP contribution in [0.15, 0.2) is 37.0 Å². The van der Waals surface area contributed by atoms with E-state index in [0.29, 0.717) is 5.92 Å². The summed E-state index contributed by atoms with van der Waals surface area (Å²) < 4.78 is 0. The zero-order valence-electron chi connectivity index (χ0n) is 18.6. The number of likely N-dealkylation sites (N-methyl/N-ethyl adjacent to an activating group) is 1. The topological polar surface area (TPSA) is 13.0 Å². The van der Waals surface area contributed by atoms with E-state index in [0.717, 1.165) is 78.5 Å². The van der Waals surface area contributed by atoms with E-state index in [2.05, 4.69) is 67.0 Å². The molecule has 0 aromatic heterocycles. The van der Waals surface area contributed by atoms with E-state index in [1.807, 2.05) is 6.08 Å². The van der Waals surface area contributed by atoms with E-state index in [9.17, 15) is 0 Å². The van der Waals surface area contributed by atoms with Crippen molar-refractivity contribution in [2.45, 2.75) is 27.7 Å². The lowest BCUT2D eigenvalue weighted by Gasteiger charge is -2.34. The molecule has 27 heavy (non-hydrogen) atoms. The third kappa shape index (κ3) is 10.2. The van der Waals surface area contributed by atoms with Gasteiger partial charge in [-0.25, -0.2) is 0 Å². The molecular formula is C23H44N4. The van der Waals surface area contributed by atoms with E-state index < -0.39 is 0 Å². The molecule has 0 bridgehead atoms. The molecule has 0 aromatic rings. The Balaban J connectivity index is 2.84. The van der Waals surface area contributed by atoms with Gasteiger partial charge in [-0.1, -0.05) is 51.2 Å². The minimum Gasteiger partial charge on any atom is -0.301 e. The van der Waals surface area contributed by atoms with Crippen molar-refractivity contribution in [2.75, 3.05) is 78.5 Å². The number of rotatable bonds is 8. The van der Waals surface area contributed by atoms with Gasteiger partial charge < -0.3 is 4.90 Å². The fourth-order valence-electron chi connectivity index (χ4n) is 3.43. The molecule has 0 spiro atoms. The lowest BCUT2D eigenvalue weighted by molar-refractivity contribution is 0.147. The molecule has 1 fully saturated rings. The number of hydrogen-bond acceptors (Lipinski definition) is 4. The van der Waals surface area contributed by atoms with Crippen LogP contribution in [0.4, 0.5) is 0 Å². The van der Waals surface area contributed by atoms with Crippen molar-refractivity contribution in [1.82, 2.24) is 19.6 Å². The number of nitrogens with zero attached hydrogens (tertiary/aromatic N) is 4. The van der Waals surface area contributed by atoms with E-state index in [4.69, 9.17) is 0 Å². The molecule has 1 heterocycles. The Morgan fingerprint density at radius 3 is 1.67 bits per heavy atom. The fraction of sp³-hybridized carbons (Fsp3) is 0.739. The molecule has 0 unspecified atom stereocenters. The Kier molecular flexibility index (Phi) is 11.8. The molecule has 0 radical (unpaired) electrons. The second-order valence-electron chi connectivity index (χ2n) is 8.35. The van der Waals surface area contributed by atoms with Crippen LogP contribution in [0.5, 0.6) is 0 Å². The maximum absolute atomic E-state index is 4.32. The minimum atomic E-state index is 0.542. The van der Waals surface area contributed by atoms with Crippen molar-refractivity contribution in [3.05, 3.63) is 37.0 Å². The molecule has 4 heteroatoms. The van der Waals surface area contributed by atoms with Crippen molar-refractivity contribution in [1.29, 1.82) is 0 Å². The molecule has 0 amide bonds. The normalized spacial score (nSPS) is 20.2. The Morgan fingerprint density at radius 1 is 0.815 bits per heavy atom. The molecule has 0 aromatic carbocycles. The minimum absolute atomic E-state index is 0.542. The molecule has 0 saturated carbocycles. The highest BCUT2D eigenvalue weighted by molar-refractivity contribution is 5.01. The van der Waals surface area contributed by atoms with Crippen molar-refractivity contribution in [3.8, 4) is 0 Å². The Morgan fingerprint density at radius 2 is 1.26 bits per heavy atom. The largest absolute Gasteiger partial charge is 0.301 e. The SMILES string of the molecule is C=CCN1CCN(CC)CCN(CC(=C)C)CCN(CC(=C)C(C)C)CC1. The quantitative estimate of drug-likeness (QED) is 0.603. The monoisotopic (exact) mass is 376 g/mol. The second kappa shape index (κ2) is 13.3. The molecule has 156 valence electrons. The molecule has 4 nitrogen and oxygen atoms in total. The van der Waals surface area contributed by atoms with Crippen LogP contribution in [0.3, 0.4) is 0 Å². The molecule has 0 atom stereocenters. The summed E-state index contributed by atoms with van der Waals surface area (Å²) in [5.74, 6) is 0.542. The van der Waals surface area contributed by atoms with Crippen LogP contribution < -0.4 is 0 Å². The predicted molar refractivity (Wildman–Crippen MR) is 120 cm³/mol. The van der Waals surface area contributed by atoms with Gasteiger partial charge in [-0.15, -0.1) is 6.58 Å². The Bertz CT molecular complexity index is 457. The summed E-state index contributed by atoms with van der Waals surface area (Å²) in [4.78, 5) is 10.3. The maximum Gasteiger partial charge on any atom is 0.0193 e. The summed E-state index contributed by atoms with van der Waals surface area (Å²) in [6, 6.07) is 0. The summed E-state index contributed by atoms with van der Waals surface area (Å²) in [7, 11) is 0. The first-order valence-corrected chi connectivity index (χ1v) is 10.7. The molecule has 0 N–H and O–H groups in total. The van der Waals surface area contributed by atoms with Gasteiger partial charge in [0.15, 0.2) is 0 Å². The van der Waals surface area contributed by atoms with E-state index in [-0.39, 0.29) is 0 Å². The van der Waals surface area contributed by atoms with Crippen molar-refractivity contribution >= 4 is 0 Å². The second-order valence-corrected chi connectivity index (χ2v) is 8.35. The van der Waals surface area contributed by atoms with Crippen LogP contribution in [0.1, 0.15) is 27.7 Å². The predicted octanol–water partition coefficient (Wildman–Crippen LogP) is 3.20. The zero-order chi connectivity index (χ0) is 20.2. The summed E-state index contributed by atoms with van der Waals surface area (Å²) in [5, 5.41) is 0. The van der Waals surface area contributed by atoms with Crippen LogP contribution in [0, 0.1) is 5.92 Å². The van der Waals surface area contributed by atoms with Gasteiger partial charge in [0, 0.05) is 72.0 Å². The van der Waals surface area contributed by atoms with Gasteiger partial charge in [0.05, 0.1) is 0 Å². The molecule has 0 aliphatic carbocycles. The zero-order valence-corrected chi connectivity index (χ0v) is 18.6. The molecule has 1 saturated heterocycles. The van der Waals surface area contributed by atoms with E-state index in [1.54, 1.807) is 0 Å². The highest BCUT2D eigenvalue weighted by atomic mass is 15.3. The summed E-state index contributed by atoms with van der Waals surface area (Å²) in [6.45, 7) is 34.2. The third-order valence-corrected chi connectivity index (χ3v) is 5.50. The van der Waals surface area contributed by atoms with Gasteiger partial charge in [0.25, 0.3) is 0 Å². The first-order chi connectivity index (χ1) is 12.8. The lowest BCUT2D eigenvalue weighted by atomic mass is 10.1. The van der Waals surface area contributed by atoms with Gasteiger partial charge in [-0.3, -0.25) is 14.7 Å². The third-order valence-electron chi connectivity index (χ3n) is 5.50. The smallest absolute Gasteiger partial charge is 0.0193 e. The van der Waals surface area contributed by atoms with Crippen molar-refractivity contribution in [2.24, 2.45) is 5.92 Å². The summed E-state index contributed by atoms with van der Waals surface area (Å²) >= 11 is 0. The van der Waals surface area contributed by atoms with E-state index in [1.165, 1.54) is 11.1 Å². The van der Waals surface area contributed by atoms with Crippen LogP contribution in [-0.4, -0.2) is 98.1 Å². The number of hydrogen-bond donors (Lipinski definition) is 0. The van der Waals surface area contributed by atoms with Crippen molar-refractivity contribution in [3.63, 3.8) is 0 Å². The van der Waals surface area contributed by atoms with Gasteiger partial charge >= 0.3 is 0 Å². The standard InChI is InChI=1S/C23H44N4/c1-8-10-25-13-11-24(9-2)12-15-26(19-21(3)4)17-18-27(16-14-25)20-23(7)22(5)6/h8,22H,1,3,7,9-20H2,2,4-6H3. The van der Waals surface area contributed by atoms with E-state index >= 15 is 0 Å². The van der Waals surface area contributed by atoms with Crippen LogP contribution in [-0.2, 0) is 0 Å². The average Bonchev–Trinajstić information content (AvgIpc) is 2.61.